The van der Waals surface area contributed by atoms with Crippen molar-refractivity contribution in [2.24, 2.45) is 0 Å². The maximum atomic E-state index is 11.1. The van der Waals surface area contributed by atoms with Crippen LogP contribution < -0.4 is 0 Å². The molecule has 0 aromatic rings. The topological polar surface area (TPSA) is 46.6 Å². The van der Waals surface area contributed by atoms with Crippen molar-refractivity contribution in [1.29, 1.82) is 0 Å². The van der Waals surface area contributed by atoms with Crippen LogP contribution in [-0.4, -0.2) is 44.8 Å². The van der Waals surface area contributed by atoms with Gasteiger partial charge in [0.25, 0.3) is 0 Å². The van der Waals surface area contributed by atoms with Crippen molar-refractivity contribution in [3.63, 3.8) is 0 Å². The summed E-state index contributed by atoms with van der Waals surface area (Å²) >= 11 is 0. The first kappa shape index (κ1) is 14.9. The molecule has 0 aliphatic carbocycles. The molecule has 0 rings (SSSR count). The summed E-state index contributed by atoms with van der Waals surface area (Å²) in [4.78, 5) is 0. The van der Waals surface area contributed by atoms with Gasteiger partial charge >= 0.3 is 0 Å². The van der Waals surface area contributed by atoms with Gasteiger partial charge in [0.2, 0.25) is 10.0 Å². The monoisotopic (exact) mass is 237 g/mol. The van der Waals surface area contributed by atoms with Crippen molar-refractivity contribution < 1.29 is 13.2 Å². The van der Waals surface area contributed by atoms with E-state index in [1.54, 1.807) is 7.05 Å². The lowest BCUT2D eigenvalue weighted by Crippen LogP contribution is -2.34. The van der Waals surface area contributed by atoms with E-state index in [0.717, 1.165) is 13.0 Å². The summed E-state index contributed by atoms with van der Waals surface area (Å²) in [7, 11) is -1.48. The molecule has 0 amide bonds. The quantitative estimate of drug-likeness (QED) is 0.673. The highest BCUT2D eigenvalue weighted by Crippen LogP contribution is 2.15. The number of ether oxygens (including phenoxy) is 1. The van der Waals surface area contributed by atoms with Crippen molar-refractivity contribution in [2.45, 2.75) is 39.2 Å². The van der Waals surface area contributed by atoms with E-state index >= 15 is 0 Å². The van der Waals surface area contributed by atoms with E-state index in [9.17, 15) is 8.42 Å². The second-order valence-corrected chi connectivity index (χ2v) is 6.53. The average molecular weight is 237 g/mol. The molecule has 0 atom stereocenters. The van der Waals surface area contributed by atoms with Gasteiger partial charge in [-0.3, -0.25) is 0 Å². The van der Waals surface area contributed by atoms with Crippen LogP contribution in [0.3, 0.4) is 0 Å². The lowest BCUT2D eigenvalue weighted by atomic mass is 10.1. The summed E-state index contributed by atoms with van der Waals surface area (Å²) in [5.74, 6) is 0. The van der Waals surface area contributed by atoms with E-state index < -0.39 is 10.0 Å². The Morgan fingerprint density at radius 2 is 1.87 bits per heavy atom. The van der Waals surface area contributed by atoms with Crippen LogP contribution in [0.25, 0.3) is 0 Å². The first-order valence-corrected chi connectivity index (χ1v) is 7.09. The normalized spacial score (nSPS) is 13.5. The second-order valence-electron chi connectivity index (χ2n) is 4.44. The van der Waals surface area contributed by atoms with Crippen LogP contribution in [0.2, 0.25) is 0 Å². The van der Waals surface area contributed by atoms with Gasteiger partial charge in [0.1, 0.15) is 0 Å². The summed E-state index contributed by atoms with van der Waals surface area (Å²) in [6.07, 6.45) is 2.90. The Balaban J connectivity index is 4.03. The lowest BCUT2D eigenvalue weighted by Gasteiger charge is -2.27. The molecular weight excluding hydrogens is 214 g/mol. The molecule has 0 unspecified atom stereocenters. The Hall–Kier alpha value is -0.130. The highest BCUT2D eigenvalue weighted by Gasteiger charge is 2.20. The summed E-state index contributed by atoms with van der Waals surface area (Å²) < 4.78 is 29.3. The maximum Gasteiger partial charge on any atom is 0.210 e. The molecule has 0 heterocycles. The predicted octanol–water partition coefficient (Wildman–Crippen LogP) is 1.47. The van der Waals surface area contributed by atoms with Crippen LogP contribution in [0.5, 0.6) is 0 Å². The third-order valence-corrected chi connectivity index (χ3v) is 3.61. The smallest absolute Gasteiger partial charge is 0.210 e. The lowest BCUT2D eigenvalue weighted by molar-refractivity contribution is -0.0247. The molecule has 0 fully saturated rings. The minimum Gasteiger partial charge on any atom is -0.376 e. The molecule has 0 spiro atoms. The summed E-state index contributed by atoms with van der Waals surface area (Å²) in [5, 5.41) is 0. The van der Waals surface area contributed by atoms with Gasteiger partial charge < -0.3 is 4.74 Å². The first-order valence-electron chi connectivity index (χ1n) is 5.24. The number of nitrogens with zero attached hydrogens (tertiary/aromatic N) is 1. The highest BCUT2D eigenvalue weighted by molar-refractivity contribution is 7.88. The Morgan fingerprint density at radius 1 is 1.33 bits per heavy atom. The van der Waals surface area contributed by atoms with Crippen LogP contribution in [0.1, 0.15) is 33.6 Å². The van der Waals surface area contributed by atoms with Gasteiger partial charge in [-0.15, -0.1) is 0 Å². The average Bonchev–Trinajstić information content (AvgIpc) is 2.09. The molecule has 15 heavy (non-hydrogen) atoms. The van der Waals surface area contributed by atoms with Gasteiger partial charge in [-0.25, -0.2) is 12.7 Å². The van der Waals surface area contributed by atoms with E-state index in [1.165, 1.54) is 10.6 Å². The fourth-order valence-electron chi connectivity index (χ4n) is 1.04. The molecule has 0 bridgehead atoms. The van der Waals surface area contributed by atoms with Gasteiger partial charge in [-0.1, -0.05) is 6.92 Å². The number of hydrogen-bond donors (Lipinski definition) is 0. The standard InChI is InChI=1S/C10H23NO3S/c1-6-9-14-10(2,3)7-8-11(4)15(5,12)13/h6-9H2,1-5H3. The zero-order valence-corrected chi connectivity index (χ0v) is 11.2. The molecule has 0 aliphatic heterocycles. The minimum atomic E-state index is -3.07. The van der Waals surface area contributed by atoms with Gasteiger partial charge in [0.15, 0.2) is 0 Å². The predicted molar refractivity (Wildman–Crippen MR) is 62.4 cm³/mol. The molecule has 0 N–H and O–H groups in total. The molecule has 0 saturated heterocycles. The highest BCUT2D eigenvalue weighted by atomic mass is 32.2. The van der Waals surface area contributed by atoms with Gasteiger partial charge in [0, 0.05) is 20.2 Å². The van der Waals surface area contributed by atoms with Gasteiger partial charge in [-0.2, -0.15) is 0 Å². The van der Waals surface area contributed by atoms with Crippen LogP contribution in [0.15, 0.2) is 0 Å². The van der Waals surface area contributed by atoms with Crippen molar-refractivity contribution in [3.05, 3.63) is 0 Å². The molecule has 0 saturated carbocycles. The van der Waals surface area contributed by atoms with Crippen LogP contribution in [-0.2, 0) is 14.8 Å². The van der Waals surface area contributed by atoms with E-state index in [4.69, 9.17) is 4.74 Å². The zero-order valence-electron chi connectivity index (χ0n) is 10.4. The minimum absolute atomic E-state index is 0.255. The molecule has 5 heteroatoms. The fraction of sp³-hybridized carbons (Fsp3) is 1.00. The van der Waals surface area contributed by atoms with Gasteiger partial charge in [-0.05, 0) is 26.7 Å². The third-order valence-electron chi connectivity index (χ3n) is 2.29. The zero-order chi connectivity index (χ0) is 12.1. The number of hydrogen-bond acceptors (Lipinski definition) is 3. The Labute approximate surface area is 93.7 Å². The SMILES string of the molecule is CCCOC(C)(C)CCN(C)S(C)(=O)=O. The maximum absolute atomic E-state index is 11.1. The van der Waals surface area contributed by atoms with Crippen molar-refractivity contribution in [3.8, 4) is 0 Å². The van der Waals surface area contributed by atoms with Crippen LogP contribution in [0, 0.1) is 0 Å². The summed E-state index contributed by atoms with van der Waals surface area (Å²) in [6.45, 7) is 7.24. The van der Waals surface area contributed by atoms with Crippen LogP contribution >= 0.6 is 0 Å². The molecule has 0 aromatic carbocycles. The van der Waals surface area contributed by atoms with E-state index in [1.807, 2.05) is 13.8 Å². The van der Waals surface area contributed by atoms with Crippen molar-refractivity contribution >= 4 is 10.0 Å². The molecule has 92 valence electrons. The Kier molecular flexibility index (Phi) is 5.77. The molecule has 0 aliphatic rings. The van der Waals surface area contributed by atoms with E-state index in [2.05, 4.69) is 6.92 Å². The fourth-order valence-corrected chi connectivity index (χ4v) is 1.47. The molecular formula is C10H23NO3S. The number of rotatable bonds is 7. The van der Waals surface area contributed by atoms with E-state index in [-0.39, 0.29) is 5.60 Å². The van der Waals surface area contributed by atoms with Crippen LogP contribution in [0.4, 0.5) is 0 Å². The van der Waals surface area contributed by atoms with E-state index in [0.29, 0.717) is 13.0 Å². The molecule has 4 nitrogen and oxygen atoms in total. The molecule has 0 aromatic heterocycles. The number of sulfonamides is 1. The molecule has 0 radical (unpaired) electrons. The van der Waals surface area contributed by atoms with Gasteiger partial charge in [0.05, 0.1) is 11.9 Å². The van der Waals surface area contributed by atoms with Crippen molar-refractivity contribution in [1.82, 2.24) is 4.31 Å². The summed E-state index contributed by atoms with van der Waals surface area (Å²) in [5.41, 5.74) is -0.255. The largest absolute Gasteiger partial charge is 0.376 e. The second kappa shape index (κ2) is 5.82. The van der Waals surface area contributed by atoms with Crippen molar-refractivity contribution in [2.75, 3.05) is 26.5 Å². The third kappa shape index (κ3) is 6.87. The Morgan fingerprint density at radius 3 is 2.27 bits per heavy atom. The Bertz CT molecular complexity index is 272. The first-order chi connectivity index (χ1) is 6.69. The summed E-state index contributed by atoms with van der Waals surface area (Å²) in [6, 6.07) is 0.